The van der Waals surface area contributed by atoms with Gasteiger partial charge in [-0.1, -0.05) is 12.1 Å². The van der Waals surface area contributed by atoms with Gasteiger partial charge in [0.2, 0.25) is 29.4 Å². The van der Waals surface area contributed by atoms with Gasteiger partial charge in [0.05, 0.1) is 0 Å². The van der Waals surface area contributed by atoms with E-state index in [1.807, 2.05) is 19.1 Å². The van der Waals surface area contributed by atoms with Gasteiger partial charge in [-0.25, -0.2) is 4.98 Å². The first-order valence-corrected chi connectivity index (χ1v) is 9.70. The molecule has 10 heteroatoms. The fourth-order valence-electron chi connectivity index (χ4n) is 3.44. The van der Waals surface area contributed by atoms with Crippen LogP contribution in [-0.2, 0) is 20.8 Å². The number of amides is 3. The molecule has 4 rings (SSSR count). The molecule has 2 fully saturated rings. The minimum Gasteiger partial charge on any atom is -0.353 e. The van der Waals surface area contributed by atoms with Crippen LogP contribution in [0.1, 0.15) is 25.7 Å². The summed E-state index contributed by atoms with van der Waals surface area (Å²) < 4.78 is 5.13. The van der Waals surface area contributed by atoms with Crippen molar-refractivity contribution in [3.05, 3.63) is 24.2 Å². The monoisotopic (exact) mass is 398 g/mol. The molecule has 29 heavy (non-hydrogen) atoms. The van der Waals surface area contributed by atoms with Gasteiger partial charge in [-0.2, -0.15) is 4.98 Å². The summed E-state index contributed by atoms with van der Waals surface area (Å²) in [4.78, 5) is 49.5. The van der Waals surface area contributed by atoms with E-state index in [0.717, 1.165) is 16.3 Å². The first kappa shape index (κ1) is 19.0. The highest BCUT2D eigenvalue weighted by atomic mass is 16.5. The third-order valence-electron chi connectivity index (χ3n) is 5.18. The third kappa shape index (κ3) is 3.96. The molecule has 152 valence electrons. The zero-order valence-electron chi connectivity index (χ0n) is 16.2. The number of carbonyl (C=O) groups excluding carboxylic acids is 3. The molecular formula is C19H22N6O4. The number of aryl methyl sites for hydroxylation is 1. The van der Waals surface area contributed by atoms with E-state index in [4.69, 9.17) is 4.52 Å². The highest BCUT2D eigenvalue weighted by Crippen LogP contribution is 2.20. The standard InChI is InChI=1S/C19H22N6O4/c1-2-15-21-19(22-29-15)13-3-4-14(20-11-13)23-7-9-24(10-8-23)18(28)12-25-16(26)5-6-17(25)27/h3-4,11H,2,5-10,12H2,1H3. The largest absolute Gasteiger partial charge is 0.353 e. The molecule has 2 aromatic heterocycles. The molecule has 0 spiro atoms. The second-order valence-corrected chi connectivity index (χ2v) is 7.01. The van der Waals surface area contributed by atoms with Crippen LogP contribution < -0.4 is 4.90 Å². The van der Waals surface area contributed by atoms with E-state index in [0.29, 0.717) is 44.3 Å². The van der Waals surface area contributed by atoms with Crippen molar-refractivity contribution in [3.63, 3.8) is 0 Å². The lowest BCUT2D eigenvalue weighted by molar-refractivity contribution is -0.145. The predicted molar refractivity (Wildman–Crippen MR) is 102 cm³/mol. The lowest BCUT2D eigenvalue weighted by Crippen LogP contribution is -2.52. The molecule has 0 aromatic carbocycles. The van der Waals surface area contributed by atoms with Crippen LogP contribution in [0.25, 0.3) is 11.4 Å². The van der Waals surface area contributed by atoms with Crippen LogP contribution in [0, 0.1) is 0 Å². The van der Waals surface area contributed by atoms with Crippen LogP contribution in [0.15, 0.2) is 22.9 Å². The van der Waals surface area contributed by atoms with Gasteiger partial charge in [0.15, 0.2) is 0 Å². The molecule has 0 aliphatic carbocycles. The summed E-state index contributed by atoms with van der Waals surface area (Å²) in [6.07, 6.45) is 2.79. The zero-order chi connectivity index (χ0) is 20.4. The van der Waals surface area contributed by atoms with E-state index < -0.39 is 0 Å². The second-order valence-electron chi connectivity index (χ2n) is 7.01. The lowest BCUT2D eigenvalue weighted by Gasteiger charge is -2.36. The van der Waals surface area contributed by atoms with E-state index in [1.54, 1.807) is 11.1 Å². The minimum atomic E-state index is -0.265. The molecular weight excluding hydrogens is 376 g/mol. The maximum absolute atomic E-state index is 12.4. The smallest absolute Gasteiger partial charge is 0.242 e. The molecule has 10 nitrogen and oxygen atoms in total. The molecule has 0 atom stereocenters. The van der Waals surface area contributed by atoms with Crippen molar-refractivity contribution in [3.8, 4) is 11.4 Å². The van der Waals surface area contributed by atoms with Gasteiger partial charge >= 0.3 is 0 Å². The number of carbonyl (C=O) groups is 3. The molecule has 2 aliphatic heterocycles. The third-order valence-corrected chi connectivity index (χ3v) is 5.18. The molecule has 4 heterocycles. The predicted octanol–water partition coefficient (Wildman–Crippen LogP) is 0.492. The highest BCUT2D eigenvalue weighted by Gasteiger charge is 2.32. The van der Waals surface area contributed by atoms with E-state index >= 15 is 0 Å². The number of piperazine rings is 1. The van der Waals surface area contributed by atoms with Gasteiger partial charge < -0.3 is 14.3 Å². The van der Waals surface area contributed by atoms with Crippen LogP contribution in [0.2, 0.25) is 0 Å². The van der Waals surface area contributed by atoms with Crippen molar-refractivity contribution in [2.75, 3.05) is 37.6 Å². The summed E-state index contributed by atoms with van der Waals surface area (Å²) in [5, 5.41) is 3.95. The average Bonchev–Trinajstić information content (AvgIpc) is 3.36. The Balaban J connectivity index is 1.32. The number of pyridine rings is 1. The van der Waals surface area contributed by atoms with Gasteiger partial charge in [0, 0.05) is 57.2 Å². The van der Waals surface area contributed by atoms with Crippen molar-refractivity contribution in [2.45, 2.75) is 26.2 Å². The Kier molecular flexibility index (Phi) is 5.24. The molecule has 2 aromatic rings. The summed E-state index contributed by atoms with van der Waals surface area (Å²) in [6.45, 7) is 4.08. The Morgan fingerprint density at radius 3 is 2.41 bits per heavy atom. The normalized spacial score (nSPS) is 17.3. The van der Waals surface area contributed by atoms with Crippen molar-refractivity contribution >= 4 is 23.5 Å². The highest BCUT2D eigenvalue weighted by molar-refractivity contribution is 6.04. The first-order valence-electron chi connectivity index (χ1n) is 9.70. The number of anilines is 1. The molecule has 0 N–H and O–H groups in total. The summed E-state index contributed by atoms with van der Waals surface area (Å²) in [7, 11) is 0. The SMILES string of the molecule is CCc1nc(-c2ccc(N3CCN(C(=O)CN4C(=O)CCC4=O)CC3)nc2)no1. The Hall–Kier alpha value is -3.30. The molecule has 0 saturated carbocycles. The Labute approximate surface area is 167 Å². The maximum Gasteiger partial charge on any atom is 0.242 e. The van der Waals surface area contributed by atoms with Gasteiger partial charge in [0.25, 0.3) is 0 Å². The van der Waals surface area contributed by atoms with Gasteiger partial charge in [-0.3, -0.25) is 19.3 Å². The second kappa shape index (κ2) is 7.98. The zero-order valence-corrected chi connectivity index (χ0v) is 16.2. The Morgan fingerprint density at radius 2 is 1.83 bits per heavy atom. The van der Waals surface area contributed by atoms with Gasteiger partial charge in [-0.05, 0) is 12.1 Å². The summed E-state index contributed by atoms with van der Waals surface area (Å²) in [5.41, 5.74) is 0.783. The number of aromatic nitrogens is 3. The fraction of sp³-hybridized carbons (Fsp3) is 0.474. The van der Waals surface area contributed by atoms with E-state index in [2.05, 4.69) is 20.0 Å². The van der Waals surface area contributed by atoms with Crippen molar-refractivity contribution in [1.82, 2.24) is 24.9 Å². The summed E-state index contributed by atoms with van der Waals surface area (Å²) in [6, 6.07) is 3.80. The molecule has 3 amide bonds. The van der Waals surface area contributed by atoms with E-state index in [9.17, 15) is 14.4 Å². The number of rotatable bonds is 5. The topological polar surface area (TPSA) is 113 Å². The van der Waals surface area contributed by atoms with E-state index in [-0.39, 0.29) is 37.1 Å². The van der Waals surface area contributed by atoms with Gasteiger partial charge in [0.1, 0.15) is 12.4 Å². The number of hydrogen-bond donors (Lipinski definition) is 0. The first-order chi connectivity index (χ1) is 14.0. The average molecular weight is 398 g/mol. The molecule has 0 radical (unpaired) electrons. The summed E-state index contributed by atoms with van der Waals surface area (Å²) in [5.74, 6) is 1.19. The Bertz CT molecular complexity index is 901. The number of hydrogen-bond acceptors (Lipinski definition) is 8. The molecule has 0 bridgehead atoms. The van der Waals surface area contributed by atoms with Crippen molar-refractivity contribution in [2.24, 2.45) is 0 Å². The molecule has 2 aliphatic rings. The summed E-state index contributed by atoms with van der Waals surface area (Å²) >= 11 is 0. The van der Waals surface area contributed by atoms with Crippen LogP contribution in [0.4, 0.5) is 5.82 Å². The molecule has 0 unspecified atom stereocenters. The van der Waals surface area contributed by atoms with Crippen molar-refractivity contribution < 1.29 is 18.9 Å². The lowest BCUT2D eigenvalue weighted by atomic mass is 10.2. The van der Waals surface area contributed by atoms with Gasteiger partial charge in [-0.15, -0.1) is 0 Å². The van der Waals surface area contributed by atoms with Crippen LogP contribution in [0.5, 0.6) is 0 Å². The van der Waals surface area contributed by atoms with Crippen LogP contribution >= 0.6 is 0 Å². The number of likely N-dealkylation sites (tertiary alicyclic amines) is 1. The minimum absolute atomic E-state index is 0.158. The van der Waals surface area contributed by atoms with Crippen LogP contribution in [0.3, 0.4) is 0 Å². The maximum atomic E-state index is 12.4. The quantitative estimate of drug-likeness (QED) is 0.669. The van der Waals surface area contributed by atoms with Crippen LogP contribution in [-0.4, -0.2) is 75.4 Å². The van der Waals surface area contributed by atoms with Crippen molar-refractivity contribution in [1.29, 1.82) is 0 Å². The number of nitrogens with zero attached hydrogens (tertiary/aromatic N) is 6. The fourth-order valence-corrected chi connectivity index (χ4v) is 3.44. The Morgan fingerprint density at radius 1 is 1.10 bits per heavy atom. The molecule has 2 saturated heterocycles. The number of imide groups is 1. The van der Waals surface area contributed by atoms with E-state index in [1.165, 1.54) is 0 Å².